The van der Waals surface area contributed by atoms with Gasteiger partial charge in [-0.3, -0.25) is 4.79 Å². The number of likely N-dealkylation sites (tertiary alicyclic amines) is 1. The first-order valence-corrected chi connectivity index (χ1v) is 15.5. The fourth-order valence-electron chi connectivity index (χ4n) is 5.06. The maximum atomic E-state index is 13.3. The van der Waals surface area contributed by atoms with Gasteiger partial charge in [0.05, 0.1) is 31.3 Å². The predicted octanol–water partition coefficient (Wildman–Crippen LogP) is 1.59. The van der Waals surface area contributed by atoms with Crippen LogP contribution in [0.4, 0.5) is 4.79 Å². The van der Waals surface area contributed by atoms with Crippen LogP contribution in [0.1, 0.15) is 46.3 Å². The summed E-state index contributed by atoms with van der Waals surface area (Å²) < 4.78 is 11.6. The van der Waals surface area contributed by atoms with Gasteiger partial charge in [0.25, 0.3) is 5.91 Å². The third kappa shape index (κ3) is 9.64. The van der Waals surface area contributed by atoms with Crippen LogP contribution in [0, 0.1) is 6.92 Å². The molecule has 0 bridgehead atoms. The van der Waals surface area contributed by atoms with E-state index in [0.29, 0.717) is 36.6 Å². The standard InChI is InChI=1S/C33H38N2O6S.Li/c1-23-9-6-7-13-27(23)29-19-25(14-15-28(29)31(36)34-30(32(37)38)16-18-42-2)20-40-22-26-12-8-17-35(26)33(39)41-21-24-10-4-3-5-11-24;/h3-7,9-11,13-15,19,26,30H,8,12,16-18,20-22H2,1-2H3,(H,34,36)(H,37,38);/q;+1/p-1/t26?,30-;/m0./s1. The number of nitrogens with zero attached hydrogens (tertiary/aromatic N) is 1. The quantitative estimate of drug-likeness (QED) is 0.299. The Bertz CT molecular complexity index is 1370. The third-order valence-corrected chi connectivity index (χ3v) is 8.00. The van der Waals surface area contributed by atoms with E-state index in [1.807, 2.05) is 79.9 Å². The van der Waals surface area contributed by atoms with Crippen LogP contribution in [0.15, 0.2) is 72.8 Å². The number of amides is 2. The van der Waals surface area contributed by atoms with E-state index in [2.05, 4.69) is 5.32 Å². The van der Waals surface area contributed by atoms with Gasteiger partial charge >= 0.3 is 25.0 Å². The van der Waals surface area contributed by atoms with Crippen LogP contribution < -0.4 is 29.3 Å². The molecular formula is C33H37LiN2O6S. The summed E-state index contributed by atoms with van der Waals surface area (Å²) in [6.07, 6.45) is 3.55. The van der Waals surface area contributed by atoms with Crippen molar-refractivity contribution in [2.45, 2.75) is 51.5 Å². The van der Waals surface area contributed by atoms with Gasteiger partial charge < -0.3 is 29.6 Å². The van der Waals surface area contributed by atoms with Crippen molar-refractivity contribution in [1.29, 1.82) is 0 Å². The molecule has 222 valence electrons. The van der Waals surface area contributed by atoms with Crippen molar-refractivity contribution in [3.8, 4) is 11.1 Å². The number of ether oxygens (including phenoxy) is 2. The van der Waals surface area contributed by atoms with Crippen molar-refractivity contribution >= 4 is 29.7 Å². The molecule has 3 aromatic rings. The molecule has 1 fully saturated rings. The normalized spacial score (nSPS) is 14.9. The Morgan fingerprint density at radius 3 is 2.47 bits per heavy atom. The van der Waals surface area contributed by atoms with Crippen LogP contribution in [0.2, 0.25) is 0 Å². The molecule has 1 aliphatic heterocycles. The Balaban J connectivity index is 0.00000506. The molecule has 0 radical (unpaired) electrons. The zero-order valence-electron chi connectivity index (χ0n) is 25.0. The first-order valence-electron chi connectivity index (χ1n) is 14.1. The number of nitrogens with one attached hydrogen (secondary N) is 1. The van der Waals surface area contributed by atoms with E-state index in [1.54, 1.807) is 11.0 Å². The summed E-state index contributed by atoms with van der Waals surface area (Å²) in [5, 5.41) is 14.3. The van der Waals surface area contributed by atoms with Gasteiger partial charge in [0.2, 0.25) is 0 Å². The number of benzene rings is 3. The molecule has 43 heavy (non-hydrogen) atoms. The molecule has 10 heteroatoms. The van der Waals surface area contributed by atoms with Gasteiger partial charge in [0.1, 0.15) is 6.61 Å². The summed E-state index contributed by atoms with van der Waals surface area (Å²) in [5.41, 5.74) is 4.74. The number of aliphatic carboxylic acids is 1. The van der Waals surface area contributed by atoms with E-state index in [0.717, 1.165) is 35.1 Å². The molecule has 1 N–H and O–H groups in total. The molecule has 8 nitrogen and oxygen atoms in total. The second kappa shape index (κ2) is 17.2. The van der Waals surface area contributed by atoms with Crippen LogP contribution in [0.25, 0.3) is 11.1 Å². The van der Waals surface area contributed by atoms with E-state index in [4.69, 9.17) is 9.47 Å². The average Bonchev–Trinajstić information content (AvgIpc) is 3.47. The molecule has 2 amide bonds. The minimum atomic E-state index is -1.30. The Morgan fingerprint density at radius 1 is 1.00 bits per heavy atom. The van der Waals surface area contributed by atoms with E-state index in [-0.39, 0.29) is 44.0 Å². The Morgan fingerprint density at radius 2 is 1.74 bits per heavy atom. The Kier molecular flexibility index (Phi) is 13.7. The van der Waals surface area contributed by atoms with Crippen molar-refractivity contribution in [2.24, 2.45) is 0 Å². The molecule has 0 aromatic heterocycles. The molecule has 4 rings (SSSR count). The van der Waals surface area contributed by atoms with Gasteiger partial charge in [0, 0.05) is 12.1 Å². The fraction of sp³-hybridized carbons (Fsp3) is 0.364. The van der Waals surface area contributed by atoms with Crippen LogP contribution in [0.3, 0.4) is 0 Å². The number of carboxylic acids is 1. The molecule has 1 unspecified atom stereocenters. The number of carbonyl (C=O) groups is 3. The number of hydrogen-bond acceptors (Lipinski definition) is 7. The first-order chi connectivity index (χ1) is 20.4. The topological polar surface area (TPSA) is 108 Å². The molecule has 0 spiro atoms. The zero-order valence-corrected chi connectivity index (χ0v) is 25.9. The average molecular weight is 597 g/mol. The fourth-order valence-corrected chi connectivity index (χ4v) is 5.53. The predicted molar refractivity (Wildman–Crippen MR) is 162 cm³/mol. The number of rotatable bonds is 13. The van der Waals surface area contributed by atoms with Crippen LogP contribution in [-0.4, -0.2) is 60.1 Å². The second-order valence-electron chi connectivity index (χ2n) is 10.4. The van der Waals surface area contributed by atoms with E-state index >= 15 is 0 Å². The number of aryl methyl sites for hydroxylation is 1. The summed E-state index contributed by atoms with van der Waals surface area (Å²) in [6, 6.07) is 21.6. The van der Waals surface area contributed by atoms with E-state index in [1.165, 1.54) is 11.8 Å². The Hall–Kier alpha value is -3.22. The van der Waals surface area contributed by atoms with Crippen LogP contribution in [-0.2, 0) is 27.5 Å². The first kappa shape index (κ1) is 34.3. The van der Waals surface area contributed by atoms with Crippen molar-refractivity contribution in [2.75, 3.05) is 25.2 Å². The summed E-state index contributed by atoms with van der Waals surface area (Å²) in [6.45, 7) is 3.48. The van der Waals surface area contributed by atoms with E-state index in [9.17, 15) is 19.5 Å². The number of hydrogen-bond donors (Lipinski definition) is 1. The molecule has 3 aromatic carbocycles. The monoisotopic (exact) mass is 596 g/mol. The SMILES string of the molecule is CSCC[C@H](NC(=O)c1ccc(COCC2CCCN2C(=O)OCc2ccccc2)cc1-c1ccccc1C)C(=O)[O-].[Li+]. The molecular weight excluding hydrogens is 559 g/mol. The van der Waals surface area contributed by atoms with Crippen molar-refractivity contribution in [3.05, 3.63) is 95.1 Å². The minimum absolute atomic E-state index is 0. The maximum absolute atomic E-state index is 13.3. The van der Waals surface area contributed by atoms with Crippen molar-refractivity contribution in [1.82, 2.24) is 10.2 Å². The van der Waals surface area contributed by atoms with Crippen LogP contribution >= 0.6 is 11.8 Å². The smallest absolute Gasteiger partial charge is 0.548 e. The largest absolute Gasteiger partial charge is 1.00 e. The van der Waals surface area contributed by atoms with Crippen molar-refractivity contribution < 1.29 is 47.8 Å². The molecule has 1 aliphatic rings. The molecule has 2 atom stereocenters. The Labute approximate surface area is 269 Å². The van der Waals surface area contributed by atoms with Gasteiger partial charge in [0.15, 0.2) is 0 Å². The van der Waals surface area contributed by atoms with Gasteiger partial charge in [-0.05, 0) is 78.1 Å². The summed E-state index contributed by atoms with van der Waals surface area (Å²) in [7, 11) is 0. The van der Waals surface area contributed by atoms with E-state index < -0.39 is 17.9 Å². The summed E-state index contributed by atoms with van der Waals surface area (Å²) in [5.74, 6) is -1.18. The zero-order chi connectivity index (χ0) is 29.9. The molecule has 0 aliphatic carbocycles. The summed E-state index contributed by atoms with van der Waals surface area (Å²) >= 11 is 1.51. The van der Waals surface area contributed by atoms with Gasteiger partial charge in [-0.1, -0.05) is 60.7 Å². The number of carboxylic acid groups (broad SMARTS) is 1. The maximum Gasteiger partial charge on any atom is 1.00 e. The number of thioether (sulfide) groups is 1. The number of carbonyl (C=O) groups excluding carboxylic acids is 3. The second-order valence-corrected chi connectivity index (χ2v) is 11.4. The van der Waals surface area contributed by atoms with Crippen molar-refractivity contribution in [3.63, 3.8) is 0 Å². The molecule has 0 saturated carbocycles. The minimum Gasteiger partial charge on any atom is -0.548 e. The third-order valence-electron chi connectivity index (χ3n) is 7.36. The molecule has 1 heterocycles. The summed E-state index contributed by atoms with van der Waals surface area (Å²) in [4.78, 5) is 39.4. The van der Waals surface area contributed by atoms with Crippen LogP contribution in [0.5, 0.6) is 0 Å². The van der Waals surface area contributed by atoms with Gasteiger partial charge in [-0.15, -0.1) is 0 Å². The van der Waals surface area contributed by atoms with Gasteiger partial charge in [-0.2, -0.15) is 11.8 Å². The van der Waals surface area contributed by atoms with Gasteiger partial charge in [-0.25, -0.2) is 4.79 Å². The molecule has 1 saturated heterocycles.